The fraction of sp³-hybridized carbons (Fsp3) is 0.400. The van der Waals surface area contributed by atoms with Crippen molar-refractivity contribution in [3.8, 4) is 11.3 Å². The molecular formula is C15H18N2. The van der Waals surface area contributed by atoms with Crippen LogP contribution in [0.5, 0.6) is 0 Å². The van der Waals surface area contributed by atoms with Gasteiger partial charge in [-0.1, -0.05) is 37.3 Å². The van der Waals surface area contributed by atoms with Crippen molar-refractivity contribution in [1.82, 2.24) is 9.78 Å². The molecule has 1 aliphatic heterocycles. The Bertz CT molecular complexity index is 537. The van der Waals surface area contributed by atoms with E-state index in [-0.39, 0.29) is 5.54 Å². The van der Waals surface area contributed by atoms with Crippen molar-refractivity contribution in [2.45, 2.75) is 38.6 Å². The number of nitrogens with zero attached hydrogens (tertiary/aromatic N) is 2. The number of aromatic nitrogens is 2. The Balaban J connectivity index is 2.10. The van der Waals surface area contributed by atoms with Crippen LogP contribution >= 0.6 is 0 Å². The number of rotatable bonds is 1. The van der Waals surface area contributed by atoms with Gasteiger partial charge in [0.15, 0.2) is 0 Å². The van der Waals surface area contributed by atoms with Crippen molar-refractivity contribution >= 4 is 0 Å². The van der Waals surface area contributed by atoms with Crippen LogP contribution in [0.2, 0.25) is 0 Å². The Labute approximate surface area is 102 Å². The van der Waals surface area contributed by atoms with Crippen LogP contribution in [0.3, 0.4) is 0 Å². The first-order chi connectivity index (χ1) is 8.08. The Hall–Kier alpha value is -1.57. The predicted molar refractivity (Wildman–Crippen MR) is 70.0 cm³/mol. The molecule has 2 nitrogen and oxygen atoms in total. The Morgan fingerprint density at radius 2 is 1.94 bits per heavy atom. The monoisotopic (exact) mass is 226 g/mol. The highest BCUT2D eigenvalue weighted by molar-refractivity contribution is 5.59. The molecule has 0 bridgehead atoms. The van der Waals surface area contributed by atoms with Gasteiger partial charge in [0.05, 0.1) is 11.2 Å². The van der Waals surface area contributed by atoms with Gasteiger partial charge >= 0.3 is 0 Å². The second kappa shape index (κ2) is 3.46. The number of fused-ring (bicyclic) bond motifs is 1. The first-order valence-corrected chi connectivity index (χ1v) is 6.24. The van der Waals surface area contributed by atoms with Gasteiger partial charge in [0.25, 0.3) is 0 Å². The third kappa shape index (κ3) is 1.59. The predicted octanol–water partition coefficient (Wildman–Crippen LogP) is 3.79. The summed E-state index contributed by atoms with van der Waals surface area (Å²) >= 11 is 0. The second-order valence-electron chi connectivity index (χ2n) is 5.65. The molecule has 1 aliphatic rings. The minimum Gasteiger partial charge on any atom is -0.263 e. The molecule has 3 rings (SSSR count). The van der Waals surface area contributed by atoms with Crippen LogP contribution < -0.4 is 0 Å². The third-order valence-electron chi connectivity index (χ3n) is 3.69. The Morgan fingerprint density at radius 3 is 2.59 bits per heavy atom. The van der Waals surface area contributed by atoms with Crippen LogP contribution in [-0.2, 0) is 5.54 Å². The third-order valence-corrected chi connectivity index (χ3v) is 3.69. The first-order valence-electron chi connectivity index (χ1n) is 6.24. The van der Waals surface area contributed by atoms with Gasteiger partial charge < -0.3 is 0 Å². The van der Waals surface area contributed by atoms with Gasteiger partial charge in [-0.25, -0.2) is 0 Å². The molecule has 2 heterocycles. The number of hydrogen-bond donors (Lipinski definition) is 0. The van der Waals surface area contributed by atoms with Gasteiger partial charge in [-0.2, -0.15) is 5.10 Å². The summed E-state index contributed by atoms with van der Waals surface area (Å²) < 4.78 is 2.21. The Morgan fingerprint density at radius 1 is 1.24 bits per heavy atom. The molecule has 1 aromatic carbocycles. The van der Waals surface area contributed by atoms with Crippen molar-refractivity contribution in [2.75, 3.05) is 0 Å². The summed E-state index contributed by atoms with van der Waals surface area (Å²) in [6.45, 7) is 6.82. The smallest absolute Gasteiger partial charge is 0.0926 e. The summed E-state index contributed by atoms with van der Waals surface area (Å²) in [5, 5.41) is 4.78. The molecule has 0 aliphatic carbocycles. The van der Waals surface area contributed by atoms with Gasteiger partial charge in [-0.15, -0.1) is 0 Å². The molecule has 0 N–H and O–H groups in total. The average Bonchev–Trinajstić information content (AvgIpc) is 2.82. The van der Waals surface area contributed by atoms with Crippen LogP contribution in [0.4, 0.5) is 0 Å². The highest BCUT2D eigenvalue weighted by atomic mass is 15.3. The topological polar surface area (TPSA) is 17.8 Å². The van der Waals surface area contributed by atoms with Crippen molar-refractivity contribution in [1.29, 1.82) is 0 Å². The molecule has 0 radical (unpaired) electrons. The van der Waals surface area contributed by atoms with Crippen LogP contribution in [0.1, 0.15) is 38.8 Å². The summed E-state index contributed by atoms with van der Waals surface area (Å²) in [6, 6.07) is 12.7. The summed E-state index contributed by atoms with van der Waals surface area (Å²) in [4.78, 5) is 0. The summed E-state index contributed by atoms with van der Waals surface area (Å²) in [7, 11) is 0. The minimum absolute atomic E-state index is 0.155. The van der Waals surface area contributed by atoms with E-state index in [1.54, 1.807) is 0 Å². The van der Waals surface area contributed by atoms with Gasteiger partial charge in [0.2, 0.25) is 0 Å². The maximum absolute atomic E-state index is 4.78. The lowest BCUT2D eigenvalue weighted by molar-refractivity contribution is 0.333. The summed E-state index contributed by atoms with van der Waals surface area (Å²) in [5.74, 6) is 0.606. The fourth-order valence-corrected chi connectivity index (χ4v) is 2.92. The van der Waals surface area contributed by atoms with Crippen molar-refractivity contribution in [2.24, 2.45) is 0 Å². The van der Waals surface area contributed by atoms with Gasteiger partial charge in [-0.3, -0.25) is 4.68 Å². The van der Waals surface area contributed by atoms with Gasteiger partial charge in [0, 0.05) is 17.2 Å². The maximum atomic E-state index is 4.78. The van der Waals surface area contributed by atoms with Crippen LogP contribution in [0.15, 0.2) is 36.4 Å². The standard InChI is InChI=1S/C15H18N2/c1-11-10-15(2,3)17-14(11)9-13(16-17)12-7-5-4-6-8-12/h4-9,11H,10H2,1-3H3. The normalized spacial score (nSPS) is 21.5. The zero-order valence-electron chi connectivity index (χ0n) is 10.6. The van der Waals surface area contributed by atoms with Gasteiger partial charge in [0.1, 0.15) is 0 Å². The lowest BCUT2D eigenvalue weighted by Gasteiger charge is -2.19. The summed E-state index contributed by atoms with van der Waals surface area (Å²) in [6.07, 6.45) is 1.18. The van der Waals surface area contributed by atoms with Crippen LogP contribution in [-0.4, -0.2) is 9.78 Å². The molecule has 17 heavy (non-hydrogen) atoms. The van der Waals surface area contributed by atoms with E-state index in [9.17, 15) is 0 Å². The second-order valence-corrected chi connectivity index (χ2v) is 5.65. The lowest BCUT2D eigenvalue weighted by Crippen LogP contribution is -2.22. The van der Waals surface area contributed by atoms with E-state index in [0.29, 0.717) is 5.92 Å². The van der Waals surface area contributed by atoms with Gasteiger partial charge in [-0.05, 0) is 26.3 Å². The molecule has 1 atom stereocenters. The largest absolute Gasteiger partial charge is 0.263 e. The minimum atomic E-state index is 0.155. The molecule has 1 unspecified atom stereocenters. The van der Waals surface area contributed by atoms with E-state index in [2.05, 4.69) is 55.8 Å². The van der Waals surface area contributed by atoms with Crippen molar-refractivity contribution in [3.05, 3.63) is 42.1 Å². The van der Waals surface area contributed by atoms with Crippen molar-refractivity contribution < 1.29 is 0 Å². The van der Waals surface area contributed by atoms with E-state index >= 15 is 0 Å². The quantitative estimate of drug-likeness (QED) is 0.723. The number of hydrogen-bond acceptors (Lipinski definition) is 1. The van der Waals surface area contributed by atoms with E-state index in [1.165, 1.54) is 17.7 Å². The molecule has 0 saturated carbocycles. The van der Waals surface area contributed by atoms with Crippen LogP contribution in [0.25, 0.3) is 11.3 Å². The summed E-state index contributed by atoms with van der Waals surface area (Å²) in [5.41, 5.74) is 3.83. The molecule has 0 amide bonds. The molecule has 0 saturated heterocycles. The SMILES string of the molecule is CC1CC(C)(C)n2nc(-c3ccccc3)cc21. The average molecular weight is 226 g/mol. The number of benzene rings is 1. The van der Waals surface area contributed by atoms with Crippen LogP contribution in [0, 0.1) is 0 Å². The molecule has 0 spiro atoms. The van der Waals surface area contributed by atoms with Crippen molar-refractivity contribution in [3.63, 3.8) is 0 Å². The molecule has 88 valence electrons. The molecule has 2 heteroatoms. The molecular weight excluding hydrogens is 208 g/mol. The first kappa shape index (κ1) is 10.6. The van der Waals surface area contributed by atoms with E-state index in [0.717, 1.165) is 5.69 Å². The Kier molecular flexibility index (Phi) is 2.15. The highest BCUT2D eigenvalue weighted by Crippen LogP contribution is 2.40. The maximum Gasteiger partial charge on any atom is 0.0926 e. The lowest BCUT2D eigenvalue weighted by atomic mass is 9.95. The zero-order chi connectivity index (χ0) is 12.0. The van der Waals surface area contributed by atoms with E-state index in [4.69, 9.17) is 5.10 Å². The molecule has 0 fully saturated rings. The van der Waals surface area contributed by atoms with E-state index in [1.807, 2.05) is 6.07 Å². The highest BCUT2D eigenvalue weighted by Gasteiger charge is 2.35. The van der Waals surface area contributed by atoms with E-state index < -0.39 is 0 Å². The molecule has 2 aromatic rings. The fourth-order valence-electron chi connectivity index (χ4n) is 2.92. The zero-order valence-corrected chi connectivity index (χ0v) is 10.6. The molecule has 1 aromatic heterocycles.